The molecule has 122 valence electrons. The summed E-state index contributed by atoms with van der Waals surface area (Å²) >= 11 is 0. The molecule has 0 unspecified atom stereocenters. The monoisotopic (exact) mass is 310 g/mol. The van der Waals surface area contributed by atoms with Gasteiger partial charge in [0.2, 0.25) is 0 Å². The first kappa shape index (κ1) is 15.8. The molecule has 1 aromatic heterocycles. The highest BCUT2D eigenvalue weighted by Gasteiger charge is 2.15. The SMILES string of the molecule is CCCNc1cc(NC2CCCCC2)nc(-c2ccccc2)n1. The molecule has 0 amide bonds. The molecule has 23 heavy (non-hydrogen) atoms. The van der Waals surface area contributed by atoms with Crippen LogP contribution in [0.1, 0.15) is 45.4 Å². The highest BCUT2D eigenvalue weighted by Crippen LogP contribution is 2.24. The van der Waals surface area contributed by atoms with Crippen LogP contribution in [0.15, 0.2) is 36.4 Å². The Morgan fingerprint density at radius 1 is 1.00 bits per heavy atom. The van der Waals surface area contributed by atoms with Crippen LogP contribution in [0.4, 0.5) is 11.6 Å². The van der Waals surface area contributed by atoms with Gasteiger partial charge in [-0.1, -0.05) is 56.5 Å². The van der Waals surface area contributed by atoms with Gasteiger partial charge in [0.15, 0.2) is 5.82 Å². The minimum Gasteiger partial charge on any atom is -0.370 e. The highest BCUT2D eigenvalue weighted by atomic mass is 15.1. The van der Waals surface area contributed by atoms with Crippen molar-refractivity contribution in [1.29, 1.82) is 0 Å². The molecule has 1 aliphatic carbocycles. The molecule has 0 saturated heterocycles. The molecule has 3 rings (SSSR count). The van der Waals surface area contributed by atoms with E-state index in [4.69, 9.17) is 4.98 Å². The summed E-state index contributed by atoms with van der Waals surface area (Å²) in [5.41, 5.74) is 1.05. The average molecular weight is 310 g/mol. The van der Waals surface area contributed by atoms with E-state index >= 15 is 0 Å². The number of anilines is 2. The van der Waals surface area contributed by atoms with Crippen LogP contribution in [-0.4, -0.2) is 22.6 Å². The number of nitrogens with one attached hydrogen (secondary N) is 2. The third-order valence-electron chi connectivity index (χ3n) is 4.27. The van der Waals surface area contributed by atoms with E-state index < -0.39 is 0 Å². The van der Waals surface area contributed by atoms with Crippen LogP contribution >= 0.6 is 0 Å². The highest BCUT2D eigenvalue weighted by molar-refractivity contribution is 5.61. The van der Waals surface area contributed by atoms with Crippen LogP contribution in [-0.2, 0) is 0 Å². The van der Waals surface area contributed by atoms with Crippen molar-refractivity contribution in [3.05, 3.63) is 36.4 Å². The van der Waals surface area contributed by atoms with Gasteiger partial charge < -0.3 is 10.6 Å². The molecule has 0 aliphatic heterocycles. The zero-order chi connectivity index (χ0) is 15.9. The molecule has 4 heteroatoms. The Hall–Kier alpha value is -2.10. The number of hydrogen-bond donors (Lipinski definition) is 2. The third-order valence-corrected chi connectivity index (χ3v) is 4.27. The lowest BCUT2D eigenvalue weighted by atomic mass is 9.95. The molecule has 0 bridgehead atoms. The van der Waals surface area contributed by atoms with E-state index in [0.29, 0.717) is 6.04 Å². The van der Waals surface area contributed by atoms with Gasteiger partial charge in [-0.15, -0.1) is 0 Å². The first-order chi connectivity index (χ1) is 11.3. The summed E-state index contributed by atoms with van der Waals surface area (Å²) in [5.74, 6) is 2.62. The summed E-state index contributed by atoms with van der Waals surface area (Å²) in [7, 11) is 0. The second-order valence-electron chi connectivity index (χ2n) is 6.23. The Kier molecular flexibility index (Phi) is 5.46. The van der Waals surface area contributed by atoms with Gasteiger partial charge in [-0.3, -0.25) is 0 Å². The molecule has 2 aromatic rings. The number of aromatic nitrogens is 2. The third kappa shape index (κ3) is 4.44. The van der Waals surface area contributed by atoms with E-state index in [1.165, 1.54) is 32.1 Å². The summed E-state index contributed by atoms with van der Waals surface area (Å²) in [6.07, 6.45) is 7.55. The maximum Gasteiger partial charge on any atom is 0.163 e. The van der Waals surface area contributed by atoms with E-state index in [-0.39, 0.29) is 0 Å². The van der Waals surface area contributed by atoms with E-state index in [2.05, 4.69) is 34.7 Å². The summed E-state index contributed by atoms with van der Waals surface area (Å²) in [5, 5.41) is 7.01. The van der Waals surface area contributed by atoms with Crippen LogP contribution in [0.25, 0.3) is 11.4 Å². The minimum absolute atomic E-state index is 0.543. The van der Waals surface area contributed by atoms with Crippen LogP contribution in [0, 0.1) is 0 Å². The van der Waals surface area contributed by atoms with Gasteiger partial charge in [-0.2, -0.15) is 0 Å². The zero-order valence-corrected chi connectivity index (χ0v) is 13.9. The average Bonchev–Trinajstić information content (AvgIpc) is 2.61. The Bertz CT molecular complexity index is 606. The molecule has 0 radical (unpaired) electrons. The Balaban J connectivity index is 1.84. The van der Waals surface area contributed by atoms with Gasteiger partial charge in [-0.05, 0) is 19.3 Å². The van der Waals surface area contributed by atoms with Gasteiger partial charge in [0.1, 0.15) is 11.6 Å². The summed E-state index contributed by atoms with van der Waals surface area (Å²) < 4.78 is 0. The van der Waals surface area contributed by atoms with Crippen molar-refractivity contribution in [3.8, 4) is 11.4 Å². The number of nitrogens with zero attached hydrogens (tertiary/aromatic N) is 2. The first-order valence-corrected chi connectivity index (χ1v) is 8.80. The minimum atomic E-state index is 0.543. The predicted molar refractivity (Wildman–Crippen MR) is 96.7 cm³/mol. The maximum atomic E-state index is 4.74. The lowest BCUT2D eigenvalue weighted by Gasteiger charge is -2.23. The smallest absolute Gasteiger partial charge is 0.163 e. The molecule has 0 spiro atoms. The lowest BCUT2D eigenvalue weighted by molar-refractivity contribution is 0.462. The van der Waals surface area contributed by atoms with Crippen molar-refractivity contribution in [2.24, 2.45) is 0 Å². The van der Waals surface area contributed by atoms with Gasteiger partial charge in [0, 0.05) is 24.2 Å². The predicted octanol–water partition coefficient (Wildman–Crippen LogP) is 4.71. The molecular formula is C19H26N4. The molecule has 1 saturated carbocycles. The van der Waals surface area contributed by atoms with Gasteiger partial charge in [0.25, 0.3) is 0 Å². The van der Waals surface area contributed by atoms with Crippen LogP contribution in [0.3, 0.4) is 0 Å². The second-order valence-corrected chi connectivity index (χ2v) is 6.23. The Labute approximate surface area is 138 Å². The lowest BCUT2D eigenvalue weighted by Crippen LogP contribution is -2.23. The van der Waals surface area contributed by atoms with Crippen LogP contribution in [0.5, 0.6) is 0 Å². The van der Waals surface area contributed by atoms with E-state index in [0.717, 1.165) is 36.0 Å². The molecule has 4 nitrogen and oxygen atoms in total. The summed E-state index contributed by atoms with van der Waals surface area (Å²) in [6.45, 7) is 3.08. The molecule has 1 aliphatic rings. The second kappa shape index (κ2) is 7.95. The van der Waals surface area contributed by atoms with Crippen molar-refractivity contribution in [2.45, 2.75) is 51.5 Å². The fraction of sp³-hybridized carbons (Fsp3) is 0.474. The Morgan fingerprint density at radius 3 is 2.48 bits per heavy atom. The topological polar surface area (TPSA) is 49.8 Å². The summed E-state index contributed by atoms with van der Waals surface area (Å²) in [6, 6.07) is 12.8. The fourth-order valence-corrected chi connectivity index (χ4v) is 3.04. The van der Waals surface area contributed by atoms with Gasteiger partial charge in [-0.25, -0.2) is 9.97 Å². The quantitative estimate of drug-likeness (QED) is 0.811. The van der Waals surface area contributed by atoms with Crippen molar-refractivity contribution in [3.63, 3.8) is 0 Å². The molecule has 1 fully saturated rings. The van der Waals surface area contributed by atoms with Crippen molar-refractivity contribution >= 4 is 11.6 Å². The number of rotatable bonds is 6. The molecule has 1 aromatic carbocycles. The molecule has 2 N–H and O–H groups in total. The standard InChI is InChI=1S/C19H26N4/c1-2-13-20-17-14-18(21-16-11-7-4-8-12-16)23-19(22-17)15-9-5-3-6-10-15/h3,5-6,9-10,14,16H,2,4,7-8,11-13H2,1H3,(H2,20,21,22,23). The van der Waals surface area contributed by atoms with Gasteiger partial charge >= 0.3 is 0 Å². The molecular weight excluding hydrogens is 284 g/mol. The first-order valence-electron chi connectivity index (χ1n) is 8.80. The Morgan fingerprint density at radius 2 is 1.74 bits per heavy atom. The fourth-order valence-electron chi connectivity index (χ4n) is 3.04. The van der Waals surface area contributed by atoms with E-state index in [1.54, 1.807) is 0 Å². The maximum absolute atomic E-state index is 4.74. The number of hydrogen-bond acceptors (Lipinski definition) is 4. The summed E-state index contributed by atoms with van der Waals surface area (Å²) in [4.78, 5) is 9.42. The van der Waals surface area contributed by atoms with Crippen molar-refractivity contribution < 1.29 is 0 Å². The largest absolute Gasteiger partial charge is 0.370 e. The normalized spacial score (nSPS) is 15.3. The van der Waals surface area contributed by atoms with Gasteiger partial charge in [0.05, 0.1) is 0 Å². The molecule has 0 atom stereocenters. The van der Waals surface area contributed by atoms with Crippen molar-refractivity contribution in [2.75, 3.05) is 17.2 Å². The van der Waals surface area contributed by atoms with Crippen LogP contribution in [0.2, 0.25) is 0 Å². The van der Waals surface area contributed by atoms with E-state index in [9.17, 15) is 0 Å². The van der Waals surface area contributed by atoms with Crippen molar-refractivity contribution in [1.82, 2.24) is 9.97 Å². The zero-order valence-electron chi connectivity index (χ0n) is 13.9. The van der Waals surface area contributed by atoms with Crippen LogP contribution < -0.4 is 10.6 Å². The number of benzene rings is 1. The molecule has 1 heterocycles. The van der Waals surface area contributed by atoms with E-state index in [1.807, 2.05) is 24.3 Å².